The maximum absolute atomic E-state index is 12.0. The summed E-state index contributed by atoms with van der Waals surface area (Å²) in [6.07, 6.45) is 2.12. The summed E-state index contributed by atoms with van der Waals surface area (Å²) in [7, 11) is 0. The molecule has 6 heteroatoms. The van der Waals surface area contributed by atoms with Crippen LogP contribution in [-0.4, -0.2) is 26.4 Å². The number of anilines is 1. The molecule has 122 valence electrons. The highest BCUT2D eigenvalue weighted by molar-refractivity contribution is 7.99. The quantitative estimate of drug-likeness (QED) is 0.696. The number of thioether (sulfide) groups is 1. The first kappa shape index (κ1) is 16.3. The molecule has 0 saturated carbocycles. The lowest BCUT2D eigenvalue weighted by Crippen LogP contribution is -2.12. The fraction of sp³-hybridized carbons (Fsp3) is 0.167. The highest BCUT2D eigenvalue weighted by atomic mass is 32.2. The van der Waals surface area contributed by atoms with Crippen LogP contribution in [0.5, 0.6) is 0 Å². The molecule has 0 atom stereocenters. The minimum absolute atomic E-state index is 0.00402. The van der Waals surface area contributed by atoms with Gasteiger partial charge in [0.1, 0.15) is 6.33 Å². The number of carbonyl (C=O) groups excluding carboxylic acids is 1. The van der Waals surface area contributed by atoms with E-state index in [1.807, 2.05) is 53.1 Å². The second-order valence-corrected chi connectivity index (χ2v) is 6.34. The summed E-state index contributed by atoms with van der Waals surface area (Å²) in [5.74, 6) is 0.638. The molecule has 0 unspecified atom stereocenters. The van der Waals surface area contributed by atoms with E-state index in [1.54, 1.807) is 6.33 Å². The van der Waals surface area contributed by atoms with Crippen LogP contribution in [0.3, 0.4) is 0 Å². The number of carbonyl (C=O) groups is 1. The Morgan fingerprint density at radius 2 is 1.88 bits per heavy atom. The minimum Gasteiger partial charge on any atom is -0.326 e. The Hall–Kier alpha value is -2.60. The third-order valence-corrected chi connectivity index (χ3v) is 4.45. The summed E-state index contributed by atoms with van der Waals surface area (Å²) >= 11 is 1.52. The molecule has 0 aliphatic carbocycles. The third-order valence-electron chi connectivity index (χ3n) is 3.51. The van der Waals surface area contributed by atoms with Crippen molar-refractivity contribution >= 4 is 23.4 Å². The van der Waals surface area contributed by atoms with Crippen LogP contribution >= 0.6 is 11.8 Å². The average molecular weight is 338 g/mol. The first-order chi connectivity index (χ1) is 11.7. The van der Waals surface area contributed by atoms with E-state index in [-0.39, 0.29) is 5.91 Å². The Morgan fingerprint density at radius 1 is 1.12 bits per heavy atom. The van der Waals surface area contributed by atoms with Crippen LogP contribution in [0.15, 0.2) is 66.1 Å². The van der Waals surface area contributed by atoms with E-state index < -0.39 is 0 Å². The number of hydrogen-bond acceptors (Lipinski definition) is 4. The molecule has 0 aliphatic heterocycles. The van der Waals surface area contributed by atoms with Gasteiger partial charge in [0.05, 0.1) is 5.69 Å². The normalized spacial score (nSPS) is 10.5. The lowest BCUT2D eigenvalue weighted by Gasteiger charge is -2.09. The zero-order valence-corrected chi connectivity index (χ0v) is 14.2. The first-order valence-electron chi connectivity index (χ1n) is 7.68. The van der Waals surface area contributed by atoms with Crippen molar-refractivity contribution < 1.29 is 4.79 Å². The number of amides is 1. The Kier molecular flexibility index (Phi) is 5.28. The molecule has 3 rings (SSSR count). The standard InChI is InChI=1S/C18H18N4OS/c1-14-7-5-6-10-16(14)22-13-19-21-18(22)24-12-11-17(23)20-15-8-3-2-4-9-15/h2-10,13H,11-12H2,1H3,(H,20,23). The number of hydrogen-bond donors (Lipinski definition) is 1. The van der Waals surface area contributed by atoms with Crippen LogP contribution in [0.1, 0.15) is 12.0 Å². The molecule has 2 aromatic carbocycles. The van der Waals surface area contributed by atoms with Gasteiger partial charge in [0, 0.05) is 17.9 Å². The Morgan fingerprint density at radius 3 is 2.67 bits per heavy atom. The van der Waals surface area contributed by atoms with Crippen molar-refractivity contribution in [3.8, 4) is 5.69 Å². The molecule has 0 fully saturated rings. The molecule has 0 saturated heterocycles. The van der Waals surface area contributed by atoms with Crippen molar-refractivity contribution in [3.63, 3.8) is 0 Å². The van der Waals surface area contributed by atoms with Crippen molar-refractivity contribution in [3.05, 3.63) is 66.5 Å². The summed E-state index contributed by atoms with van der Waals surface area (Å²) < 4.78 is 1.95. The van der Waals surface area contributed by atoms with Gasteiger partial charge in [-0.3, -0.25) is 9.36 Å². The maximum Gasteiger partial charge on any atom is 0.225 e. The number of aromatic nitrogens is 3. The molecule has 1 heterocycles. The number of nitrogens with zero attached hydrogens (tertiary/aromatic N) is 3. The van der Waals surface area contributed by atoms with Crippen LogP contribution in [-0.2, 0) is 4.79 Å². The van der Waals surface area contributed by atoms with Crippen LogP contribution in [0, 0.1) is 6.92 Å². The van der Waals surface area contributed by atoms with E-state index in [0.717, 1.165) is 22.1 Å². The van der Waals surface area contributed by atoms with Gasteiger partial charge in [-0.1, -0.05) is 48.2 Å². The SMILES string of the molecule is Cc1ccccc1-n1cnnc1SCCC(=O)Nc1ccccc1. The van der Waals surface area contributed by atoms with E-state index in [2.05, 4.69) is 28.5 Å². The van der Waals surface area contributed by atoms with Gasteiger partial charge < -0.3 is 5.32 Å². The zero-order valence-electron chi connectivity index (χ0n) is 13.3. The van der Waals surface area contributed by atoms with Crippen LogP contribution in [0.25, 0.3) is 5.69 Å². The molecular formula is C18H18N4OS. The molecular weight excluding hydrogens is 320 g/mol. The largest absolute Gasteiger partial charge is 0.326 e. The molecule has 0 bridgehead atoms. The molecule has 0 aliphatic rings. The highest BCUT2D eigenvalue weighted by Crippen LogP contribution is 2.22. The summed E-state index contributed by atoms with van der Waals surface area (Å²) in [5, 5.41) is 11.8. The predicted octanol–water partition coefficient (Wildman–Crippen LogP) is 3.70. The summed E-state index contributed by atoms with van der Waals surface area (Å²) in [5.41, 5.74) is 3.02. The smallest absolute Gasteiger partial charge is 0.225 e. The fourth-order valence-electron chi connectivity index (χ4n) is 2.30. The van der Waals surface area contributed by atoms with Gasteiger partial charge in [0.25, 0.3) is 0 Å². The van der Waals surface area contributed by atoms with Crippen molar-refractivity contribution in [1.82, 2.24) is 14.8 Å². The molecule has 0 spiro atoms. The number of rotatable bonds is 6. The van der Waals surface area contributed by atoms with Crippen molar-refractivity contribution in [2.45, 2.75) is 18.5 Å². The first-order valence-corrected chi connectivity index (χ1v) is 8.66. The molecule has 1 aromatic heterocycles. The summed E-state index contributed by atoms with van der Waals surface area (Å²) in [6, 6.07) is 17.5. The topological polar surface area (TPSA) is 59.8 Å². The second kappa shape index (κ2) is 7.79. The number of nitrogens with one attached hydrogen (secondary N) is 1. The van der Waals surface area contributed by atoms with Crippen molar-refractivity contribution in [1.29, 1.82) is 0 Å². The molecule has 5 nitrogen and oxygen atoms in total. The third kappa shape index (κ3) is 4.02. The molecule has 0 radical (unpaired) electrons. The van der Waals surface area contributed by atoms with E-state index >= 15 is 0 Å². The molecule has 1 N–H and O–H groups in total. The molecule has 3 aromatic rings. The number of aryl methyl sites for hydroxylation is 1. The van der Waals surface area contributed by atoms with Crippen molar-refractivity contribution in [2.24, 2.45) is 0 Å². The monoisotopic (exact) mass is 338 g/mol. The van der Waals surface area contributed by atoms with Crippen LogP contribution in [0.4, 0.5) is 5.69 Å². The minimum atomic E-state index is -0.00402. The second-order valence-electron chi connectivity index (χ2n) is 5.28. The summed E-state index contributed by atoms with van der Waals surface area (Å²) in [6.45, 7) is 2.05. The van der Waals surface area contributed by atoms with Crippen molar-refractivity contribution in [2.75, 3.05) is 11.1 Å². The fourth-order valence-corrected chi connectivity index (χ4v) is 3.16. The van der Waals surface area contributed by atoms with E-state index in [1.165, 1.54) is 11.8 Å². The van der Waals surface area contributed by atoms with Gasteiger partial charge in [-0.05, 0) is 30.7 Å². The van der Waals surface area contributed by atoms with Gasteiger partial charge in [-0.15, -0.1) is 10.2 Å². The van der Waals surface area contributed by atoms with Gasteiger partial charge in [-0.2, -0.15) is 0 Å². The number of benzene rings is 2. The lowest BCUT2D eigenvalue weighted by molar-refractivity contribution is -0.115. The zero-order chi connectivity index (χ0) is 16.8. The van der Waals surface area contributed by atoms with E-state index in [4.69, 9.17) is 0 Å². The average Bonchev–Trinajstić information content (AvgIpc) is 3.04. The van der Waals surface area contributed by atoms with Gasteiger partial charge >= 0.3 is 0 Å². The van der Waals surface area contributed by atoms with Gasteiger partial charge in [0.2, 0.25) is 5.91 Å². The van der Waals surface area contributed by atoms with Crippen LogP contribution in [0.2, 0.25) is 0 Å². The number of para-hydroxylation sites is 2. The lowest BCUT2D eigenvalue weighted by atomic mass is 10.2. The maximum atomic E-state index is 12.0. The Bertz CT molecular complexity index is 817. The Labute approximate surface area is 145 Å². The van der Waals surface area contributed by atoms with Gasteiger partial charge in [-0.25, -0.2) is 0 Å². The Balaban J connectivity index is 1.57. The highest BCUT2D eigenvalue weighted by Gasteiger charge is 2.10. The summed E-state index contributed by atoms with van der Waals surface area (Å²) in [4.78, 5) is 12.0. The molecule has 1 amide bonds. The predicted molar refractivity (Wildman–Crippen MR) is 96.5 cm³/mol. The van der Waals surface area contributed by atoms with Gasteiger partial charge in [0.15, 0.2) is 5.16 Å². The van der Waals surface area contributed by atoms with Crippen LogP contribution < -0.4 is 5.32 Å². The molecule has 24 heavy (non-hydrogen) atoms. The van der Waals surface area contributed by atoms with E-state index in [9.17, 15) is 4.79 Å². The van der Waals surface area contributed by atoms with E-state index in [0.29, 0.717) is 12.2 Å².